The van der Waals surface area contributed by atoms with Crippen molar-refractivity contribution < 1.29 is 17.9 Å². The second kappa shape index (κ2) is 8.46. The van der Waals surface area contributed by atoms with Gasteiger partial charge in [-0.15, -0.1) is 4.41 Å². The molecule has 0 aliphatic carbocycles. The molecule has 7 heteroatoms. The molecule has 6 nitrogen and oxygen atoms in total. The zero-order valence-electron chi connectivity index (χ0n) is 14.0. The average molecular weight is 360 g/mol. The largest absolute Gasteiger partial charge is 0.452 e. The van der Waals surface area contributed by atoms with Crippen LogP contribution in [0.2, 0.25) is 0 Å². The minimum atomic E-state index is -3.91. The maximum absolute atomic E-state index is 12.8. The van der Waals surface area contributed by atoms with Crippen LogP contribution in [0.1, 0.15) is 11.1 Å². The zero-order valence-corrected chi connectivity index (χ0v) is 14.9. The highest BCUT2D eigenvalue weighted by Gasteiger charge is 2.25. The number of sulfonamides is 1. The van der Waals surface area contributed by atoms with Crippen molar-refractivity contribution in [1.29, 1.82) is 0 Å². The maximum atomic E-state index is 12.8. The fourth-order valence-corrected chi connectivity index (χ4v) is 3.25. The quantitative estimate of drug-likeness (QED) is 0.804. The first-order chi connectivity index (χ1) is 11.9. The van der Waals surface area contributed by atoms with Gasteiger partial charge in [-0.3, -0.25) is 0 Å². The third-order valence-corrected chi connectivity index (χ3v) is 5.08. The van der Waals surface area contributed by atoms with Crippen LogP contribution in [0.5, 0.6) is 0 Å². The predicted molar refractivity (Wildman–Crippen MR) is 96.1 cm³/mol. The van der Waals surface area contributed by atoms with E-state index in [1.807, 2.05) is 37.3 Å². The zero-order chi connectivity index (χ0) is 18.3. The first-order valence-electron chi connectivity index (χ1n) is 7.59. The minimum absolute atomic E-state index is 0.0415. The number of nitrogens with one attached hydrogen (secondary N) is 1. The van der Waals surface area contributed by atoms with E-state index in [0.29, 0.717) is 0 Å². The van der Waals surface area contributed by atoms with Gasteiger partial charge in [0.2, 0.25) is 0 Å². The standard InChI is InChI=1S/C18H20N2O4S/c1-15-10-12-17(13-11-15)25(22,23)20(19-18(21)24-2)14-6-9-16-7-4-3-5-8-16/h3-13H,14H2,1-2H3,(H,19,21)/b9-6+. The third-order valence-electron chi connectivity index (χ3n) is 3.39. The second-order valence-corrected chi connectivity index (χ2v) is 7.13. The number of amides is 1. The number of hydrogen-bond donors (Lipinski definition) is 1. The molecule has 2 rings (SSSR count). The van der Waals surface area contributed by atoms with Gasteiger partial charge in [-0.05, 0) is 24.6 Å². The summed E-state index contributed by atoms with van der Waals surface area (Å²) in [5.74, 6) is 0. The monoisotopic (exact) mass is 360 g/mol. The molecule has 1 N–H and O–H groups in total. The van der Waals surface area contributed by atoms with Crippen molar-refractivity contribution in [2.45, 2.75) is 11.8 Å². The summed E-state index contributed by atoms with van der Waals surface area (Å²) in [7, 11) is -2.73. The number of aryl methyl sites for hydroxylation is 1. The van der Waals surface area contributed by atoms with Crippen molar-refractivity contribution in [2.75, 3.05) is 13.7 Å². The van der Waals surface area contributed by atoms with Gasteiger partial charge < -0.3 is 4.74 Å². The van der Waals surface area contributed by atoms with Crippen LogP contribution < -0.4 is 5.43 Å². The summed E-state index contributed by atoms with van der Waals surface area (Å²) in [5.41, 5.74) is 4.10. The van der Waals surface area contributed by atoms with Crippen molar-refractivity contribution in [3.8, 4) is 0 Å². The predicted octanol–water partition coefficient (Wildman–Crippen LogP) is 2.97. The first-order valence-corrected chi connectivity index (χ1v) is 9.03. The Labute approximate surface area is 147 Å². The highest BCUT2D eigenvalue weighted by atomic mass is 32.2. The number of carbonyl (C=O) groups excluding carboxylic acids is 1. The minimum Gasteiger partial charge on any atom is -0.452 e. The summed E-state index contributed by atoms with van der Waals surface area (Å²) in [4.78, 5) is 11.6. The van der Waals surface area contributed by atoms with Crippen LogP contribution in [0.4, 0.5) is 4.79 Å². The topological polar surface area (TPSA) is 75.7 Å². The Morgan fingerprint density at radius 2 is 1.76 bits per heavy atom. The molecule has 0 atom stereocenters. The number of benzene rings is 2. The molecule has 0 saturated carbocycles. The molecule has 0 aliphatic heterocycles. The van der Waals surface area contributed by atoms with Crippen molar-refractivity contribution in [3.05, 3.63) is 71.8 Å². The first kappa shape index (κ1) is 18.7. The number of ether oxygens (including phenoxy) is 1. The van der Waals surface area contributed by atoms with E-state index in [1.165, 1.54) is 19.2 Å². The second-order valence-electron chi connectivity index (χ2n) is 5.27. The van der Waals surface area contributed by atoms with E-state index in [-0.39, 0.29) is 11.4 Å². The van der Waals surface area contributed by atoms with Gasteiger partial charge in [0.1, 0.15) is 0 Å². The lowest BCUT2D eigenvalue weighted by Crippen LogP contribution is -2.46. The number of hydrazine groups is 1. The van der Waals surface area contributed by atoms with Crippen LogP contribution in [0.3, 0.4) is 0 Å². The molecule has 0 heterocycles. The van der Waals surface area contributed by atoms with Gasteiger partial charge in [0.05, 0.1) is 18.6 Å². The fourth-order valence-electron chi connectivity index (χ4n) is 2.04. The number of carbonyl (C=O) groups is 1. The van der Waals surface area contributed by atoms with Crippen LogP contribution in [0.15, 0.2) is 65.6 Å². The molecule has 0 spiro atoms. The summed E-state index contributed by atoms with van der Waals surface area (Å²) in [6.07, 6.45) is 2.57. The SMILES string of the molecule is COC(=O)NN(C/C=C/c1ccccc1)S(=O)(=O)c1ccc(C)cc1. The third kappa shape index (κ3) is 5.17. The van der Waals surface area contributed by atoms with Gasteiger partial charge in [-0.1, -0.05) is 60.2 Å². The highest BCUT2D eigenvalue weighted by molar-refractivity contribution is 7.89. The number of hydrogen-bond acceptors (Lipinski definition) is 4. The van der Waals surface area contributed by atoms with E-state index >= 15 is 0 Å². The van der Waals surface area contributed by atoms with Crippen molar-refractivity contribution in [1.82, 2.24) is 9.84 Å². The molecule has 0 unspecified atom stereocenters. The van der Waals surface area contributed by atoms with E-state index in [9.17, 15) is 13.2 Å². The van der Waals surface area contributed by atoms with E-state index in [1.54, 1.807) is 24.3 Å². The number of methoxy groups -OCH3 is 1. The lowest BCUT2D eigenvalue weighted by Gasteiger charge is -2.20. The molecule has 0 aliphatic rings. The van der Waals surface area contributed by atoms with E-state index < -0.39 is 16.1 Å². The molecule has 25 heavy (non-hydrogen) atoms. The average Bonchev–Trinajstić information content (AvgIpc) is 2.62. The molecule has 132 valence electrons. The van der Waals surface area contributed by atoms with Gasteiger partial charge in [0.15, 0.2) is 0 Å². The molecule has 2 aromatic rings. The number of rotatable bonds is 6. The summed E-state index contributed by atoms with van der Waals surface area (Å²) >= 11 is 0. The molecule has 0 saturated heterocycles. The van der Waals surface area contributed by atoms with Crippen molar-refractivity contribution in [3.63, 3.8) is 0 Å². The molecule has 1 amide bonds. The van der Waals surface area contributed by atoms with Crippen molar-refractivity contribution in [2.24, 2.45) is 0 Å². The lowest BCUT2D eigenvalue weighted by molar-refractivity contribution is 0.152. The van der Waals surface area contributed by atoms with Crippen LogP contribution >= 0.6 is 0 Å². The van der Waals surface area contributed by atoms with Gasteiger partial charge in [-0.2, -0.15) is 0 Å². The van der Waals surface area contributed by atoms with Gasteiger partial charge in [0.25, 0.3) is 10.0 Å². The van der Waals surface area contributed by atoms with E-state index in [0.717, 1.165) is 15.5 Å². The summed E-state index contributed by atoms with van der Waals surface area (Å²) in [6.45, 7) is 1.82. The van der Waals surface area contributed by atoms with Crippen LogP contribution in [0.25, 0.3) is 6.08 Å². The summed E-state index contributed by atoms with van der Waals surface area (Å²) in [6, 6.07) is 15.8. The Kier molecular flexibility index (Phi) is 6.32. The Morgan fingerprint density at radius 1 is 1.12 bits per heavy atom. The highest BCUT2D eigenvalue weighted by Crippen LogP contribution is 2.15. The summed E-state index contributed by atoms with van der Waals surface area (Å²) in [5, 5.41) is 0. The van der Waals surface area contributed by atoms with E-state index in [2.05, 4.69) is 10.2 Å². The van der Waals surface area contributed by atoms with Gasteiger partial charge in [-0.25, -0.2) is 18.6 Å². The fraction of sp³-hybridized carbons (Fsp3) is 0.167. The van der Waals surface area contributed by atoms with Crippen LogP contribution in [-0.2, 0) is 14.8 Å². The smallest absolute Gasteiger partial charge is 0.422 e. The van der Waals surface area contributed by atoms with Gasteiger partial charge in [0, 0.05) is 0 Å². The molecule has 0 fully saturated rings. The normalized spacial score (nSPS) is 11.6. The molecule has 0 aromatic heterocycles. The van der Waals surface area contributed by atoms with Crippen molar-refractivity contribution >= 4 is 22.2 Å². The summed E-state index contributed by atoms with van der Waals surface area (Å²) < 4.78 is 30.9. The molecule has 0 bridgehead atoms. The molecule has 0 radical (unpaired) electrons. The Hall–Kier alpha value is -2.64. The molecular weight excluding hydrogens is 340 g/mol. The van der Waals surface area contributed by atoms with Gasteiger partial charge >= 0.3 is 6.09 Å². The maximum Gasteiger partial charge on any atom is 0.422 e. The lowest BCUT2D eigenvalue weighted by atomic mass is 10.2. The van der Waals surface area contributed by atoms with E-state index in [4.69, 9.17) is 0 Å². The number of nitrogens with zero attached hydrogens (tertiary/aromatic N) is 1. The van der Waals surface area contributed by atoms with Crippen LogP contribution in [-0.4, -0.2) is 32.6 Å². The Bertz CT molecular complexity index is 831. The molecule has 2 aromatic carbocycles. The Morgan fingerprint density at radius 3 is 2.36 bits per heavy atom. The molecular formula is C18H20N2O4S. The Balaban J connectivity index is 2.24. The van der Waals surface area contributed by atoms with Crippen LogP contribution in [0, 0.1) is 6.92 Å².